The highest BCUT2D eigenvalue weighted by molar-refractivity contribution is 8.03. The standard InChI is InChI=1S/C15H20ClNO2S/c1-4-18-14-8-12(11(3)6-7-20-10-17)13(16)9-15(14)19-5-2/h8-9,11H,4-7H2,1-3H3. The van der Waals surface area contributed by atoms with Crippen molar-refractivity contribution in [3.05, 3.63) is 22.7 Å². The Balaban J connectivity index is 2.95. The minimum atomic E-state index is 0.276. The van der Waals surface area contributed by atoms with Crippen LogP contribution in [0.25, 0.3) is 0 Å². The van der Waals surface area contributed by atoms with Crippen molar-refractivity contribution in [3.63, 3.8) is 0 Å². The lowest BCUT2D eigenvalue weighted by molar-refractivity contribution is 0.287. The van der Waals surface area contributed by atoms with Crippen LogP contribution in [0.1, 0.15) is 38.7 Å². The minimum absolute atomic E-state index is 0.276. The number of hydrogen-bond donors (Lipinski definition) is 0. The molecule has 0 aromatic heterocycles. The van der Waals surface area contributed by atoms with Crippen molar-refractivity contribution in [2.24, 2.45) is 0 Å². The van der Waals surface area contributed by atoms with E-state index in [2.05, 4.69) is 12.3 Å². The molecule has 0 N–H and O–H groups in total. The maximum Gasteiger partial charge on any atom is 0.162 e. The molecule has 0 amide bonds. The van der Waals surface area contributed by atoms with E-state index < -0.39 is 0 Å². The molecule has 0 radical (unpaired) electrons. The number of hydrogen-bond acceptors (Lipinski definition) is 4. The number of ether oxygens (including phenoxy) is 2. The Kier molecular flexibility index (Phi) is 7.64. The Labute approximate surface area is 130 Å². The van der Waals surface area contributed by atoms with Crippen LogP contribution in [0.5, 0.6) is 11.5 Å². The molecule has 0 fully saturated rings. The molecule has 1 unspecified atom stereocenters. The van der Waals surface area contributed by atoms with E-state index in [-0.39, 0.29) is 5.92 Å². The third-order valence-corrected chi connectivity index (χ3v) is 3.81. The van der Waals surface area contributed by atoms with Gasteiger partial charge in [-0.1, -0.05) is 18.5 Å². The maximum absolute atomic E-state index is 8.56. The molecule has 0 bridgehead atoms. The van der Waals surface area contributed by atoms with Gasteiger partial charge in [-0.25, -0.2) is 0 Å². The molecule has 0 spiro atoms. The molecule has 0 aliphatic rings. The van der Waals surface area contributed by atoms with Crippen LogP contribution < -0.4 is 9.47 Å². The Morgan fingerprint density at radius 3 is 2.40 bits per heavy atom. The lowest BCUT2D eigenvalue weighted by Crippen LogP contribution is -2.02. The zero-order chi connectivity index (χ0) is 15.0. The number of nitrogens with zero attached hydrogens (tertiary/aromatic N) is 1. The second kappa shape index (κ2) is 8.99. The molecule has 3 nitrogen and oxygen atoms in total. The quantitative estimate of drug-likeness (QED) is 0.508. The summed E-state index contributed by atoms with van der Waals surface area (Å²) < 4.78 is 11.2. The Hall–Kier alpha value is -1.05. The highest BCUT2D eigenvalue weighted by Crippen LogP contribution is 2.38. The number of nitriles is 1. The Morgan fingerprint density at radius 2 is 1.85 bits per heavy atom. The van der Waals surface area contributed by atoms with Gasteiger partial charge in [-0.15, -0.1) is 0 Å². The summed E-state index contributed by atoms with van der Waals surface area (Å²) >= 11 is 7.61. The first-order chi connectivity index (χ1) is 9.63. The van der Waals surface area contributed by atoms with Crippen molar-refractivity contribution in [2.75, 3.05) is 19.0 Å². The van der Waals surface area contributed by atoms with E-state index in [4.69, 9.17) is 26.3 Å². The number of rotatable bonds is 8. The summed E-state index contributed by atoms with van der Waals surface area (Å²) in [6.45, 7) is 7.13. The molecule has 1 aromatic rings. The fourth-order valence-electron chi connectivity index (χ4n) is 1.90. The van der Waals surface area contributed by atoms with Crippen LogP contribution in [-0.2, 0) is 0 Å². The lowest BCUT2D eigenvalue weighted by atomic mass is 9.98. The number of halogens is 1. The van der Waals surface area contributed by atoms with Crippen molar-refractivity contribution >= 4 is 23.4 Å². The number of thiocyanates is 1. The van der Waals surface area contributed by atoms with Gasteiger partial charge in [-0.05, 0) is 49.6 Å². The normalized spacial score (nSPS) is 11.8. The molecule has 0 heterocycles. The summed E-state index contributed by atoms with van der Waals surface area (Å²) in [5.41, 5.74) is 1.04. The van der Waals surface area contributed by atoms with Gasteiger partial charge in [-0.2, -0.15) is 5.26 Å². The second-order valence-corrected chi connectivity index (χ2v) is 5.60. The van der Waals surface area contributed by atoms with Crippen molar-refractivity contribution in [3.8, 4) is 16.9 Å². The third-order valence-electron chi connectivity index (χ3n) is 2.91. The first kappa shape index (κ1) is 17.0. The molecule has 1 aromatic carbocycles. The summed E-state index contributed by atoms with van der Waals surface area (Å²) in [5, 5.41) is 11.3. The van der Waals surface area contributed by atoms with Crippen LogP contribution in [-0.4, -0.2) is 19.0 Å². The molecule has 110 valence electrons. The van der Waals surface area contributed by atoms with Crippen LogP contribution in [0, 0.1) is 10.7 Å². The van der Waals surface area contributed by atoms with Gasteiger partial charge in [-0.3, -0.25) is 0 Å². The summed E-state index contributed by atoms with van der Waals surface area (Å²) in [4.78, 5) is 0. The summed E-state index contributed by atoms with van der Waals surface area (Å²) in [6.07, 6.45) is 0.900. The molecule has 5 heteroatoms. The van der Waals surface area contributed by atoms with Gasteiger partial charge < -0.3 is 9.47 Å². The van der Waals surface area contributed by atoms with E-state index in [1.165, 1.54) is 11.8 Å². The fraction of sp³-hybridized carbons (Fsp3) is 0.533. The molecule has 0 aliphatic carbocycles. The van der Waals surface area contributed by atoms with E-state index in [9.17, 15) is 0 Å². The molecule has 0 saturated heterocycles. The summed E-state index contributed by atoms with van der Waals surface area (Å²) in [6, 6.07) is 3.78. The van der Waals surface area contributed by atoms with Gasteiger partial charge in [0.05, 0.1) is 13.2 Å². The van der Waals surface area contributed by atoms with E-state index in [1.54, 1.807) is 0 Å². The van der Waals surface area contributed by atoms with Crippen LogP contribution >= 0.6 is 23.4 Å². The van der Waals surface area contributed by atoms with E-state index in [0.29, 0.717) is 24.0 Å². The predicted molar refractivity (Wildman–Crippen MR) is 84.9 cm³/mol. The van der Waals surface area contributed by atoms with E-state index >= 15 is 0 Å². The first-order valence-electron chi connectivity index (χ1n) is 6.73. The van der Waals surface area contributed by atoms with Crippen LogP contribution in [0.3, 0.4) is 0 Å². The Morgan fingerprint density at radius 1 is 1.25 bits per heavy atom. The van der Waals surface area contributed by atoms with Gasteiger partial charge in [0.25, 0.3) is 0 Å². The van der Waals surface area contributed by atoms with Gasteiger partial charge >= 0.3 is 0 Å². The monoisotopic (exact) mass is 313 g/mol. The first-order valence-corrected chi connectivity index (χ1v) is 8.10. The van der Waals surface area contributed by atoms with Crippen LogP contribution in [0.2, 0.25) is 5.02 Å². The largest absolute Gasteiger partial charge is 0.490 e. The molecule has 1 atom stereocenters. The predicted octanol–water partition coefficient (Wildman–Crippen LogP) is 4.85. The van der Waals surface area contributed by atoms with Gasteiger partial charge in [0.15, 0.2) is 11.5 Å². The van der Waals surface area contributed by atoms with Crippen LogP contribution in [0.4, 0.5) is 0 Å². The van der Waals surface area contributed by atoms with Crippen LogP contribution in [0.15, 0.2) is 12.1 Å². The fourth-order valence-corrected chi connectivity index (χ4v) is 2.80. The van der Waals surface area contributed by atoms with Crippen molar-refractivity contribution in [1.29, 1.82) is 5.26 Å². The average Bonchev–Trinajstić information content (AvgIpc) is 2.42. The molecule has 1 rings (SSSR count). The zero-order valence-electron chi connectivity index (χ0n) is 12.1. The summed E-state index contributed by atoms with van der Waals surface area (Å²) in [7, 11) is 0. The van der Waals surface area contributed by atoms with Gasteiger partial charge in [0, 0.05) is 16.8 Å². The highest BCUT2D eigenvalue weighted by atomic mass is 35.5. The zero-order valence-corrected chi connectivity index (χ0v) is 13.7. The van der Waals surface area contributed by atoms with Crippen molar-refractivity contribution in [2.45, 2.75) is 33.1 Å². The Bertz CT molecular complexity index is 474. The molecule has 0 saturated carbocycles. The van der Waals surface area contributed by atoms with Crippen molar-refractivity contribution in [1.82, 2.24) is 0 Å². The molecular formula is C15H20ClNO2S. The van der Waals surface area contributed by atoms with E-state index in [1.807, 2.05) is 26.0 Å². The molecule has 0 aliphatic heterocycles. The lowest BCUT2D eigenvalue weighted by Gasteiger charge is -2.17. The van der Waals surface area contributed by atoms with Crippen molar-refractivity contribution < 1.29 is 9.47 Å². The number of benzene rings is 1. The minimum Gasteiger partial charge on any atom is -0.490 e. The van der Waals surface area contributed by atoms with Gasteiger partial charge in [0.2, 0.25) is 0 Å². The molecule has 20 heavy (non-hydrogen) atoms. The highest BCUT2D eigenvalue weighted by Gasteiger charge is 2.15. The van der Waals surface area contributed by atoms with Gasteiger partial charge in [0.1, 0.15) is 5.40 Å². The number of thioether (sulfide) groups is 1. The van der Waals surface area contributed by atoms with E-state index in [0.717, 1.165) is 23.5 Å². The molecular weight excluding hydrogens is 294 g/mol. The smallest absolute Gasteiger partial charge is 0.162 e. The maximum atomic E-state index is 8.56. The summed E-state index contributed by atoms with van der Waals surface area (Å²) in [5.74, 6) is 2.49. The topological polar surface area (TPSA) is 42.2 Å². The second-order valence-electron chi connectivity index (χ2n) is 4.32. The average molecular weight is 314 g/mol. The SMILES string of the molecule is CCOc1cc(Cl)c(C(C)CCSC#N)cc1OCC. The third kappa shape index (κ3) is 4.81.